The number of amides is 1. The number of carbonyl (C=O) groups is 2. The van der Waals surface area contributed by atoms with Crippen molar-refractivity contribution < 1.29 is 14.7 Å². The SMILES string of the molecule is O=C(CSc1nc2ccccc2c(=O)n1-c1ccccc1)NN=Cc1ccc(C(=O)O)cc1. The fraction of sp³-hybridized carbons (Fsp3) is 0.0417. The molecule has 0 fully saturated rings. The van der Waals surface area contributed by atoms with Gasteiger partial charge < -0.3 is 5.11 Å². The Kier molecular flexibility index (Phi) is 6.61. The Morgan fingerprint density at radius 2 is 1.70 bits per heavy atom. The molecule has 4 aromatic rings. The van der Waals surface area contributed by atoms with E-state index >= 15 is 0 Å². The van der Waals surface area contributed by atoms with Crippen LogP contribution in [-0.2, 0) is 4.79 Å². The molecule has 33 heavy (non-hydrogen) atoms. The Balaban J connectivity index is 1.50. The predicted octanol–water partition coefficient (Wildman–Crippen LogP) is 3.33. The minimum absolute atomic E-state index is 0.00704. The summed E-state index contributed by atoms with van der Waals surface area (Å²) in [5.74, 6) is -1.40. The molecule has 0 saturated carbocycles. The van der Waals surface area contributed by atoms with Crippen molar-refractivity contribution in [3.8, 4) is 5.69 Å². The van der Waals surface area contributed by atoms with Crippen LogP contribution in [0, 0.1) is 0 Å². The molecule has 0 aliphatic carbocycles. The number of nitrogens with zero attached hydrogens (tertiary/aromatic N) is 3. The van der Waals surface area contributed by atoms with Crippen LogP contribution in [-0.4, -0.2) is 38.5 Å². The van der Waals surface area contributed by atoms with Gasteiger partial charge in [-0.15, -0.1) is 0 Å². The minimum Gasteiger partial charge on any atom is -0.478 e. The summed E-state index contributed by atoms with van der Waals surface area (Å²) in [6.45, 7) is 0. The van der Waals surface area contributed by atoms with Gasteiger partial charge in [-0.3, -0.25) is 14.2 Å². The molecule has 0 aliphatic heterocycles. The molecule has 8 nitrogen and oxygen atoms in total. The molecule has 164 valence electrons. The highest BCUT2D eigenvalue weighted by Crippen LogP contribution is 2.21. The molecule has 0 saturated heterocycles. The van der Waals surface area contributed by atoms with Crippen LogP contribution in [0.4, 0.5) is 0 Å². The van der Waals surface area contributed by atoms with Crippen LogP contribution >= 0.6 is 11.8 Å². The van der Waals surface area contributed by atoms with Crippen molar-refractivity contribution in [1.29, 1.82) is 0 Å². The summed E-state index contributed by atoms with van der Waals surface area (Å²) in [6, 6.07) is 22.3. The van der Waals surface area contributed by atoms with Crippen molar-refractivity contribution in [2.75, 3.05) is 5.75 Å². The molecule has 0 aliphatic rings. The number of fused-ring (bicyclic) bond motifs is 1. The molecule has 0 spiro atoms. The normalized spacial score (nSPS) is 11.0. The van der Waals surface area contributed by atoms with Gasteiger partial charge in [-0.05, 0) is 42.0 Å². The fourth-order valence-electron chi connectivity index (χ4n) is 3.07. The lowest BCUT2D eigenvalue weighted by Gasteiger charge is -2.12. The van der Waals surface area contributed by atoms with Crippen LogP contribution < -0.4 is 11.0 Å². The maximum Gasteiger partial charge on any atom is 0.335 e. The summed E-state index contributed by atoms with van der Waals surface area (Å²) < 4.78 is 1.49. The van der Waals surface area contributed by atoms with E-state index in [2.05, 4.69) is 15.5 Å². The summed E-state index contributed by atoms with van der Waals surface area (Å²) in [5, 5.41) is 13.7. The lowest BCUT2D eigenvalue weighted by Crippen LogP contribution is -2.24. The van der Waals surface area contributed by atoms with Gasteiger partial charge in [0.1, 0.15) is 0 Å². The fourth-order valence-corrected chi connectivity index (χ4v) is 3.87. The van der Waals surface area contributed by atoms with Crippen LogP contribution in [0.15, 0.2) is 93.9 Å². The zero-order chi connectivity index (χ0) is 23.2. The lowest BCUT2D eigenvalue weighted by atomic mass is 10.1. The number of benzene rings is 3. The van der Waals surface area contributed by atoms with E-state index < -0.39 is 5.97 Å². The number of rotatable bonds is 7. The second-order valence-electron chi connectivity index (χ2n) is 6.90. The van der Waals surface area contributed by atoms with Gasteiger partial charge in [0, 0.05) is 0 Å². The van der Waals surface area contributed by atoms with Crippen molar-refractivity contribution in [2.45, 2.75) is 5.16 Å². The van der Waals surface area contributed by atoms with E-state index in [0.29, 0.717) is 27.3 Å². The maximum absolute atomic E-state index is 13.1. The smallest absolute Gasteiger partial charge is 0.335 e. The van der Waals surface area contributed by atoms with Crippen molar-refractivity contribution in [2.24, 2.45) is 5.10 Å². The highest BCUT2D eigenvalue weighted by Gasteiger charge is 2.14. The topological polar surface area (TPSA) is 114 Å². The van der Waals surface area contributed by atoms with Gasteiger partial charge in [-0.1, -0.05) is 54.2 Å². The molecule has 0 bridgehead atoms. The molecule has 0 radical (unpaired) electrons. The largest absolute Gasteiger partial charge is 0.478 e. The van der Waals surface area contributed by atoms with Gasteiger partial charge in [0.2, 0.25) is 0 Å². The van der Waals surface area contributed by atoms with Gasteiger partial charge >= 0.3 is 5.97 Å². The van der Waals surface area contributed by atoms with Crippen molar-refractivity contribution in [3.05, 3.63) is 100 Å². The summed E-state index contributed by atoms with van der Waals surface area (Å²) in [4.78, 5) is 40.9. The van der Waals surface area contributed by atoms with E-state index in [-0.39, 0.29) is 22.8 Å². The summed E-state index contributed by atoms with van der Waals surface area (Å²) in [7, 11) is 0. The number of carboxylic acids is 1. The first-order valence-corrected chi connectivity index (χ1v) is 10.9. The van der Waals surface area contributed by atoms with Gasteiger partial charge in [-0.25, -0.2) is 15.2 Å². The molecule has 0 atom stereocenters. The highest BCUT2D eigenvalue weighted by molar-refractivity contribution is 7.99. The molecule has 2 N–H and O–H groups in total. The number of carboxylic acid groups (broad SMARTS) is 1. The van der Waals surface area contributed by atoms with Gasteiger partial charge in [0.15, 0.2) is 5.16 Å². The molecule has 1 aromatic heterocycles. The van der Waals surface area contributed by atoms with Crippen LogP contribution in [0.5, 0.6) is 0 Å². The summed E-state index contributed by atoms with van der Waals surface area (Å²) in [5.41, 5.74) is 4.24. The molecular formula is C24H18N4O4S. The summed E-state index contributed by atoms with van der Waals surface area (Å²) in [6.07, 6.45) is 1.42. The first kappa shape index (κ1) is 22.0. The Morgan fingerprint density at radius 3 is 2.42 bits per heavy atom. The standard InChI is InChI=1S/C24H18N4O4S/c29-21(27-25-14-16-10-12-17(13-11-16)23(31)32)15-33-24-26-20-9-5-4-8-19(20)22(30)28(24)18-6-2-1-3-7-18/h1-14H,15H2,(H,27,29)(H,31,32). The number of thioether (sulfide) groups is 1. The zero-order valence-corrected chi connectivity index (χ0v) is 18.0. The third-order valence-electron chi connectivity index (χ3n) is 4.65. The summed E-state index contributed by atoms with van der Waals surface area (Å²) >= 11 is 1.13. The van der Waals surface area contributed by atoms with Crippen LogP contribution in [0.2, 0.25) is 0 Å². The Labute approximate surface area is 192 Å². The number of aromatic nitrogens is 2. The third-order valence-corrected chi connectivity index (χ3v) is 5.59. The predicted molar refractivity (Wildman–Crippen MR) is 127 cm³/mol. The number of hydrazone groups is 1. The van der Waals surface area contributed by atoms with Gasteiger partial charge in [-0.2, -0.15) is 5.10 Å². The Hall–Kier alpha value is -4.24. The van der Waals surface area contributed by atoms with E-state index in [1.165, 1.54) is 22.9 Å². The minimum atomic E-state index is -1.01. The van der Waals surface area contributed by atoms with Crippen LogP contribution in [0.25, 0.3) is 16.6 Å². The third kappa shape index (κ3) is 5.16. The first-order chi connectivity index (χ1) is 16.0. The lowest BCUT2D eigenvalue weighted by molar-refractivity contribution is -0.118. The average Bonchev–Trinajstić information content (AvgIpc) is 2.84. The van der Waals surface area contributed by atoms with Crippen LogP contribution in [0.3, 0.4) is 0 Å². The molecule has 4 rings (SSSR count). The van der Waals surface area contributed by atoms with Crippen molar-refractivity contribution in [3.63, 3.8) is 0 Å². The number of hydrogen-bond donors (Lipinski definition) is 2. The van der Waals surface area contributed by atoms with Crippen molar-refractivity contribution >= 4 is 40.8 Å². The molecule has 9 heteroatoms. The second-order valence-corrected chi connectivity index (χ2v) is 7.84. The van der Waals surface area contributed by atoms with E-state index in [1.807, 2.05) is 30.3 Å². The number of nitrogens with one attached hydrogen (secondary N) is 1. The monoisotopic (exact) mass is 458 g/mol. The van der Waals surface area contributed by atoms with E-state index in [1.54, 1.807) is 36.4 Å². The maximum atomic E-state index is 13.1. The quantitative estimate of drug-likeness (QED) is 0.190. The zero-order valence-electron chi connectivity index (χ0n) is 17.2. The number of hydrogen-bond acceptors (Lipinski definition) is 6. The molecule has 1 amide bonds. The highest BCUT2D eigenvalue weighted by atomic mass is 32.2. The second kappa shape index (κ2) is 9.92. The Morgan fingerprint density at radius 1 is 1.00 bits per heavy atom. The molecular weight excluding hydrogens is 440 g/mol. The molecule has 3 aromatic carbocycles. The number of carbonyl (C=O) groups excluding carboxylic acids is 1. The molecule has 1 heterocycles. The first-order valence-electron chi connectivity index (χ1n) is 9.88. The van der Waals surface area contributed by atoms with Crippen molar-refractivity contribution in [1.82, 2.24) is 15.0 Å². The van der Waals surface area contributed by atoms with Gasteiger partial charge in [0.25, 0.3) is 11.5 Å². The van der Waals surface area contributed by atoms with Gasteiger partial charge in [0.05, 0.1) is 34.1 Å². The number of aromatic carboxylic acids is 1. The average molecular weight is 458 g/mol. The Bertz CT molecular complexity index is 1400. The van der Waals surface area contributed by atoms with Crippen LogP contribution in [0.1, 0.15) is 15.9 Å². The van der Waals surface area contributed by atoms with E-state index in [4.69, 9.17) is 5.11 Å². The van der Waals surface area contributed by atoms with E-state index in [0.717, 1.165) is 11.8 Å². The van der Waals surface area contributed by atoms with E-state index in [9.17, 15) is 14.4 Å². The molecule has 0 unspecified atom stereocenters. The number of para-hydroxylation sites is 2.